The minimum atomic E-state index is -0.203. The average Bonchev–Trinajstić information content (AvgIpc) is 3.42. The maximum absolute atomic E-state index is 12.4. The van der Waals surface area contributed by atoms with Gasteiger partial charge < -0.3 is 19.6 Å². The second-order valence-corrected chi connectivity index (χ2v) is 6.14. The Hall–Kier alpha value is -3.87. The topological polar surface area (TPSA) is 93.0 Å². The summed E-state index contributed by atoms with van der Waals surface area (Å²) in [6.45, 7) is 0.424. The highest BCUT2D eigenvalue weighted by atomic mass is 16.5. The second kappa shape index (κ2) is 7.79. The molecule has 4 rings (SSSR count). The number of nitrogens with zero attached hydrogens (tertiary/aromatic N) is 2. The zero-order valence-electron chi connectivity index (χ0n) is 15.2. The Labute approximate surface area is 161 Å². The number of carbonyl (C=O) groups excluding carboxylic acids is 1. The van der Waals surface area contributed by atoms with Gasteiger partial charge in [0.25, 0.3) is 5.91 Å². The first-order valence-corrected chi connectivity index (χ1v) is 8.69. The van der Waals surface area contributed by atoms with Crippen LogP contribution >= 0.6 is 0 Å². The number of aromatic nitrogens is 3. The monoisotopic (exact) mass is 374 g/mol. The number of carbonyl (C=O) groups is 1. The van der Waals surface area contributed by atoms with Gasteiger partial charge in [0, 0.05) is 36.3 Å². The molecule has 1 amide bonds. The van der Waals surface area contributed by atoms with E-state index < -0.39 is 0 Å². The van der Waals surface area contributed by atoms with Gasteiger partial charge in [0.1, 0.15) is 11.4 Å². The van der Waals surface area contributed by atoms with Crippen LogP contribution in [0.15, 0.2) is 71.8 Å². The molecule has 0 saturated carbocycles. The van der Waals surface area contributed by atoms with Gasteiger partial charge in [0.15, 0.2) is 5.76 Å². The van der Waals surface area contributed by atoms with Gasteiger partial charge in [-0.05, 0) is 41.5 Å². The van der Waals surface area contributed by atoms with Crippen molar-refractivity contribution in [2.75, 3.05) is 7.11 Å². The fraction of sp³-hybridized carbons (Fsp3) is 0.0952. The van der Waals surface area contributed by atoms with Gasteiger partial charge in [0.05, 0.1) is 13.3 Å². The molecule has 1 aromatic carbocycles. The first kappa shape index (κ1) is 17.5. The van der Waals surface area contributed by atoms with E-state index in [1.54, 1.807) is 38.0 Å². The molecule has 0 radical (unpaired) electrons. The molecule has 0 spiro atoms. The zero-order chi connectivity index (χ0) is 19.3. The van der Waals surface area contributed by atoms with Crippen molar-refractivity contribution in [1.29, 1.82) is 0 Å². The molecule has 0 atom stereocenters. The Morgan fingerprint density at radius 2 is 2.04 bits per heavy atom. The molecule has 0 saturated heterocycles. The molecule has 0 bridgehead atoms. The van der Waals surface area contributed by atoms with Crippen molar-refractivity contribution in [1.82, 2.24) is 20.4 Å². The summed E-state index contributed by atoms with van der Waals surface area (Å²) in [6, 6.07) is 13.1. The largest absolute Gasteiger partial charge is 0.497 e. The maximum Gasteiger partial charge on any atom is 0.267 e. The molecule has 4 aromatic rings. The molecule has 7 heteroatoms. The Kier molecular flexibility index (Phi) is 4.88. The molecule has 7 nitrogen and oxygen atoms in total. The van der Waals surface area contributed by atoms with Crippen LogP contribution in [0.1, 0.15) is 16.1 Å². The van der Waals surface area contributed by atoms with Crippen LogP contribution in [-0.2, 0) is 6.54 Å². The smallest absolute Gasteiger partial charge is 0.267 e. The van der Waals surface area contributed by atoms with Gasteiger partial charge in [-0.25, -0.2) is 0 Å². The predicted octanol–water partition coefficient (Wildman–Crippen LogP) is 3.67. The molecular formula is C21H18N4O3. The average molecular weight is 374 g/mol. The Morgan fingerprint density at radius 3 is 2.86 bits per heavy atom. The van der Waals surface area contributed by atoms with Gasteiger partial charge in [-0.15, -0.1) is 0 Å². The van der Waals surface area contributed by atoms with E-state index in [4.69, 9.17) is 9.26 Å². The molecule has 3 heterocycles. The summed E-state index contributed by atoms with van der Waals surface area (Å²) >= 11 is 0. The molecule has 0 unspecified atom stereocenters. The summed E-state index contributed by atoms with van der Waals surface area (Å²) in [4.78, 5) is 19.4. The highest BCUT2D eigenvalue weighted by Crippen LogP contribution is 2.33. The number of amides is 1. The number of methoxy groups -OCH3 is 1. The Morgan fingerprint density at radius 1 is 1.18 bits per heavy atom. The van der Waals surface area contributed by atoms with Gasteiger partial charge >= 0.3 is 0 Å². The van der Waals surface area contributed by atoms with Gasteiger partial charge in [-0.1, -0.05) is 17.3 Å². The number of hydrogen-bond donors (Lipinski definition) is 2. The van der Waals surface area contributed by atoms with E-state index in [2.05, 4.69) is 20.4 Å². The fourth-order valence-electron chi connectivity index (χ4n) is 2.88. The lowest BCUT2D eigenvalue weighted by molar-refractivity contribution is 0.0946. The lowest BCUT2D eigenvalue weighted by atomic mass is 10.0. The number of H-pyrrole nitrogens is 1. The quantitative estimate of drug-likeness (QED) is 0.537. The van der Waals surface area contributed by atoms with Crippen LogP contribution in [0, 0.1) is 0 Å². The zero-order valence-corrected chi connectivity index (χ0v) is 15.2. The van der Waals surface area contributed by atoms with E-state index in [-0.39, 0.29) is 5.91 Å². The van der Waals surface area contributed by atoms with Crippen LogP contribution in [0.2, 0.25) is 0 Å². The number of benzene rings is 1. The Balaban J connectivity index is 1.53. The van der Waals surface area contributed by atoms with E-state index in [9.17, 15) is 4.79 Å². The fourth-order valence-corrected chi connectivity index (χ4v) is 2.88. The van der Waals surface area contributed by atoms with Crippen molar-refractivity contribution in [2.45, 2.75) is 6.54 Å². The summed E-state index contributed by atoms with van der Waals surface area (Å²) in [5.74, 6) is 1.12. The molecular weight excluding hydrogens is 356 g/mol. The molecule has 0 fully saturated rings. The van der Waals surface area contributed by atoms with Crippen molar-refractivity contribution in [3.63, 3.8) is 0 Å². The highest BCUT2D eigenvalue weighted by Gasteiger charge is 2.17. The van der Waals surface area contributed by atoms with Crippen LogP contribution in [-0.4, -0.2) is 28.1 Å². The number of rotatable bonds is 6. The van der Waals surface area contributed by atoms with E-state index in [1.807, 2.05) is 36.4 Å². The van der Waals surface area contributed by atoms with Crippen LogP contribution in [0.3, 0.4) is 0 Å². The van der Waals surface area contributed by atoms with E-state index in [0.717, 1.165) is 28.0 Å². The molecule has 0 aliphatic rings. The molecule has 3 aromatic heterocycles. The predicted molar refractivity (Wildman–Crippen MR) is 104 cm³/mol. The summed E-state index contributed by atoms with van der Waals surface area (Å²) in [6.07, 6.45) is 6.77. The summed E-state index contributed by atoms with van der Waals surface area (Å²) in [5.41, 5.74) is 3.90. The number of pyridine rings is 1. The normalized spacial score (nSPS) is 10.6. The minimum absolute atomic E-state index is 0.203. The van der Waals surface area contributed by atoms with Crippen molar-refractivity contribution in [3.05, 3.63) is 78.5 Å². The molecule has 2 N–H and O–H groups in total. The number of aromatic amines is 1. The summed E-state index contributed by atoms with van der Waals surface area (Å²) < 4.78 is 10.7. The lowest BCUT2D eigenvalue weighted by Crippen LogP contribution is -2.22. The van der Waals surface area contributed by atoms with E-state index in [0.29, 0.717) is 18.0 Å². The standard InChI is InChI=1S/C21H18N4O3/c1-27-17-4-2-3-15(9-17)18-13-25-28-20(18)16-10-19(23-12-16)21(26)24-11-14-5-7-22-8-6-14/h2-10,12-13,23H,11H2,1H3,(H,24,26). The van der Waals surface area contributed by atoms with Crippen LogP contribution in [0.25, 0.3) is 22.5 Å². The van der Waals surface area contributed by atoms with Crippen LogP contribution < -0.4 is 10.1 Å². The SMILES string of the molecule is COc1cccc(-c2cnoc2-c2c[nH]c(C(=O)NCc3ccncc3)c2)c1. The van der Waals surface area contributed by atoms with Crippen molar-refractivity contribution < 1.29 is 14.1 Å². The Bertz CT molecular complexity index is 1090. The molecule has 140 valence electrons. The van der Waals surface area contributed by atoms with Crippen LogP contribution in [0.5, 0.6) is 5.75 Å². The third kappa shape index (κ3) is 3.64. The molecule has 0 aliphatic heterocycles. The second-order valence-electron chi connectivity index (χ2n) is 6.14. The van der Waals surface area contributed by atoms with Gasteiger partial charge in [0.2, 0.25) is 0 Å². The maximum atomic E-state index is 12.4. The van der Waals surface area contributed by atoms with Gasteiger partial charge in [-0.2, -0.15) is 0 Å². The molecule has 28 heavy (non-hydrogen) atoms. The summed E-state index contributed by atoms with van der Waals surface area (Å²) in [7, 11) is 1.62. The molecule has 0 aliphatic carbocycles. The first-order valence-electron chi connectivity index (χ1n) is 8.69. The minimum Gasteiger partial charge on any atom is -0.497 e. The van der Waals surface area contributed by atoms with Crippen molar-refractivity contribution in [3.8, 4) is 28.2 Å². The van der Waals surface area contributed by atoms with E-state index >= 15 is 0 Å². The third-order valence-corrected chi connectivity index (χ3v) is 4.34. The number of hydrogen-bond acceptors (Lipinski definition) is 5. The third-order valence-electron chi connectivity index (χ3n) is 4.34. The van der Waals surface area contributed by atoms with E-state index in [1.165, 1.54) is 0 Å². The van der Waals surface area contributed by atoms with Crippen LogP contribution in [0.4, 0.5) is 0 Å². The lowest BCUT2D eigenvalue weighted by Gasteiger charge is -2.04. The van der Waals surface area contributed by atoms with Crippen molar-refractivity contribution >= 4 is 5.91 Å². The highest BCUT2D eigenvalue weighted by molar-refractivity contribution is 5.94. The van der Waals surface area contributed by atoms with Gasteiger partial charge in [-0.3, -0.25) is 9.78 Å². The number of ether oxygens (including phenoxy) is 1. The summed E-state index contributed by atoms with van der Waals surface area (Å²) in [5, 5.41) is 6.80. The number of nitrogens with one attached hydrogen (secondary N) is 2. The van der Waals surface area contributed by atoms with Crippen molar-refractivity contribution in [2.24, 2.45) is 0 Å². The first-order chi connectivity index (χ1) is 13.7.